The summed E-state index contributed by atoms with van der Waals surface area (Å²) in [6.07, 6.45) is 7.10. The Labute approximate surface area is 166 Å². The van der Waals surface area contributed by atoms with E-state index in [0.717, 1.165) is 41.1 Å². The normalized spacial score (nSPS) is 11.9. The molecule has 2 aromatic heterocycles. The van der Waals surface area contributed by atoms with Crippen molar-refractivity contribution in [2.75, 3.05) is 7.05 Å². The molecule has 0 bridgehead atoms. The maximum Gasteiger partial charge on any atom is 0.254 e. The van der Waals surface area contributed by atoms with E-state index in [9.17, 15) is 4.79 Å². The first kappa shape index (κ1) is 19.7. The zero-order valence-electron chi connectivity index (χ0n) is 16.9. The van der Waals surface area contributed by atoms with E-state index < -0.39 is 0 Å². The SMILES string of the molecule is CCc1cnc(C)nc1-c1cccc(C(=O)N(C)C(CC)c2cccnc2)c1. The van der Waals surface area contributed by atoms with Crippen molar-refractivity contribution in [2.24, 2.45) is 0 Å². The van der Waals surface area contributed by atoms with Crippen LogP contribution in [0.25, 0.3) is 11.3 Å². The van der Waals surface area contributed by atoms with Gasteiger partial charge in [-0.3, -0.25) is 9.78 Å². The molecule has 0 aliphatic carbocycles. The van der Waals surface area contributed by atoms with Crippen molar-refractivity contribution in [1.29, 1.82) is 0 Å². The molecule has 5 heteroatoms. The monoisotopic (exact) mass is 374 g/mol. The molecule has 3 rings (SSSR count). The maximum absolute atomic E-state index is 13.2. The van der Waals surface area contributed by atoms with Crippen LogP contribution in [0.4, 0.5) is 0 Å². The summed E-state index contributed by atoms with van der Waals surface area (Å²) in [6, 6.07) is 11.6. The fourth-order valence-electron chi connectivity index (χ4n) is 3.45. The van der Waals surface area contributed by atoms with Gasteiger partial charge in [0.05, 0.1) is 11.7 Å². The number of amides is 1. The molecule has 2 heterocycles. The Bertz CT molecular complexity index is 956. The average Bonchev–Trinajstić information content (AvgIpc) is 2.74. The number of carbonyl (C=O) groups excluding carboxylic acids is 1. The van der Waals surface area contributed by atoms with Crippen molar-refractivity contribution in [3.63, 3.8) is 0 Å². The number of aryl methyl sites for hydroxylation is 2. The van der Waals surface area contributed by atoms with Crippen LogP contribution >= 0.6 is 0 Å². The lowest BCUT2D eigenvalue weighted by atomic mass is 10.0. The summed E-state index contributed by atoms with van der Waals surface area (Å²) in [5.41, 5.74) is 4.60. The second kappa shape index (κ2) is 8.74. The highest BCUT2D eigenvalue weighted by Gasteiger charge is 2.22. The number of rotatable bonds is 6. The van der Waals surface area contributed by atoms with Crippen LogP contribution in [0, 0.1) is 6.92 Å². The van der Waals surface area contributed by atoms with E-state index in [1.165, 1.54) is 0 Å². The van der Waals surface area contributed by atoms with Gasteiger partial charge in [0.2, 0.25) is 0 Å². The Kier molecular flexibility index (Phi) is 6.14. The van der Waals surface area contributed by atoms with Crippen molar-refractivity contribution in [2.45, 2.75) is 39.7 Å². The van der Waals surface area contributed by atoms with Gasteiger partial charge in [0.15, 0.2) is 0 Å². The first-order valence-corrected chi connectivity index (χ1v) is 9.65. The zero-order valence-corrected chi connectivity index (χ0v) is 16.9. The number of benzene rings is 1. The van der Waals surface area contributed by atoms with Gasteiger partial charge < -0.3 is 4.90 Å². The highest BCUT2D eigenvalue weighted by Crippen LogP contribution is 2.26. The Morgan fingerprint density at radius 1 is 1.14 bits per heavy atom. The molecule has 0 radical (unpaired) electrons. The third-order valence-electron chi connectivity index (χ3n) is 4.99. The van der Waals surface area contributed by atoms with Gasteiger partial charge in [-0.1, -0.05) is 32.0 Å². The van der Waals surface area contributed by atoms with E-state index in [4.69, 9.17) is 0 Å². The van der Waals surface area contributed by atoms with Gasteiger partial charge in [-0.05, 0) is 49.1 Å². The predicted octanol–water partition coefficient (Wildman–Crippen LogP) is 4.63. The Balaban J connectivity index is 1.93. The molecule has 144 valence electrons. The third kappa shape index (κ3) is 4.09. The molecule has 0 spiro atoms. The first-order valence-electron chi connectivity index (χ1n) is 9.65. The van der Waals surface area contributed by atoms with Crippen molar-refractivity contribution in [3.8, 4) is 11.3 Å². The number of hydrogen-bond acceptors (Lipinski definition) is 4. The highest BCUT2D eigenvalue weighted by atomic mass is 16.2. The minimum absolute atomic E-state index is 0.0126. The lowest BCUT2D eigenvalue weighted by molar-refractivity contribution is 0.0726. The zero-order chi connectivity index (χ0) is 20.1. The molecule has 5 nitrogen and oxygen atoms in total. The van der Waals surface area contributed by atoms with Crippen molar-refractivity contribution in [1.82, 2.24) is 19.9 Å². The molecule has 1 unspecified atom stereocenters. The molecule has 1 aromatic carbocycles. The summed E-state index contributed by atoms with van der Waals surface area (Å²) in [5.74, 6) is 0.713. The lowest BCUT2D eigenvalue weighted by Gasteiger charge is -2.27. The number of pyridine rings is 1. The van der Waals surface area contributed by atoms with Crippen molar-refractivity contribution in [3.05, 3.63) is 77.5 Å². The van der Waals surface area contributed by atoms with Crippen LogP contribution < -0.4 is 0 Å². The van der Waals surface area contributed by atoms with Crippen LogP contribution in [0.15, 0.2) is 55.0 Å². The van der Waals surface area contributed by atoms with E-state index in [-0.39, 0.29) is 11.9 Å². The molecule has 1 atom stereocenters. The molecule has 3 aromatic rings. The topological polar surface area (TPSA) is 59.0 Å². The van der Waals surface area contributed by atoms with Crippen LogP contribution in [-0.4, -0.2) is 32.8 Å². The third-order valence-corrected chi connectivity index (χ3v) is 4.99. The van der Waals surface area contributed by atoms with Crippen LogP contribution in [0.1, 0.15) is 53.6 Å². The molecule has 28 heavy (non-hydrogen) atoms. The van der Waals surface area contributed by atoms with E-state index in [1.807, 2.05) is 62.8 Å². The second-order valence-corrected chi connectivity index (χ2v) is 6.85. The number of carbonyl (C=O) groups is 1. The van der Waals surface area contributed by atoms with Crippen LogP contribution in [0.5, 0.6) is 0 Å². The summed E-state index contributed by atoms with van der Waals surface area (Å²) in [6.45, 7) is 6.04. The summed E-state index contributed by atoms with van der Waals surface area (Å²) in [5, 5.41) is 0. The highest BCUT2D eigenvalue weighted by molar-refractivity contribution is 5.95. The quantitative estimate of drug-likeness (QED) is 0.631. The van der Waals surface area contributed by atoms with E-state index in [1.54, 1.807) is 11.1 Å². The second-order valence-electron chi connectivity index (χ2n) is 6.85. The molecule has 1 amide bonds. The van der Waals surface area contributed by atoms with Gasteiger partial charge in [0.1, 0.15) is 5.82 Å². The summed E-state index contributed by atoms with van der Waals surface area (Å²) < 4.78 is 0. The summed E-state index contributed by atoms with van der Waals surface area (Å²) >= 11 is 0. The maximum atomic E-state index is 13.2. The predicted molar refractivity (Wildman–Crippen MR) is 111 cm³/mol. The van der Waals surface area contributed by atoms with Crippen LogP contribution in [0.3, 0.4) is 0 Å². The molecule has 0 saturated carbocycles. The minimum atomic E-state index is -0.0163. The number of aromatic nitrogens is 3. The molecular formula is C23H26N4O. The fraction of sp³-hybridized carbons (Fsp3) is 0.304. The molecule has 0 N–H and O–H groups in total. The first-order chi connectivity index (χ1) is 13.5. The smallest absolute Gasteiger partial charge is 0.254 e. The van der Waals surface area contributed by atoms with E-state index >= 15 is 0 Å². The van der Waals surface area contributed by atoms with Crippen LogP contribution in [0.2, 0.25) is 0 Å². The van der Waals surface area contributed by atoms with Gasteiger partial charge in [-0.15, -0.1) is 0 Å². The number of hydrogen-bond donors (Lipinski definition) is 0. The van der Waals surface area contributed by atoms with Crippen LogP contribution in [-0.2, 0) is 6.42 Å². The largest absolute Gasteiger partial charge is 0.335 e. The van der Waals surface area contributed by atoms with Crippen molar-refractivity contribution < 1.29 is 4.79 Å². The Morgan fingerprint density at radius 2 is 1.96 bits per heavy atom. The minimum Gasteiger partial charge on any atom is -0.335 e. The lowest BCUT2D eigenvalue weighted by Crippen LogP contribution is -2.31. The molecule has 0 aliphatic rings. The van der Waals surface area contributed by atoms with E-state index in [2.05, 4.69) is 28.8 Å². The fourth-order valence-corrected chi connectivity index (χ4v) is 3.45. The van der Waals surface area contributed by atoms with Gasteiger partial charge >= 0.3 is 0 Å². The molecule has 0 aliphatic heterocycles. The molecular weight excluding hydrogens is 348 g/mol. The van der Waals surface area contributed by atoms with Gasteiger partial charge in [0.25, 0.3) is 5.91 Å². The molecule has 0 saturated heterocycles. The van der Waals surface area contributed by atoms with Gasteiger partial charge in [-0.2, -0.15) is 0 Å². The average molecular weight is 374 g/mol. The van der Waals surface area contributed by atoms with Crippen molar-refractivity contribution >= 4 is 5.91 Å². The summed E-state index contributed by atoms with van der Waals surface area (Å²) in [4.78, 5) is 28.1. The standard InChI is InChI=1S/C23H26N4O/c1-5-17-15-25-16(3)26-22(17)18-9-7-10-19(13-18)23(28)27(4)21(6-2)20-11-8-12-24-14-20/h7-15,21H,5-6H2,1-4H3. The van der Waals surface area contributed by atoms with Gasteiger partial charge in [-0.25, -0.2) is 9.97 Å². The Morgan fingerprint density at radius 3 is 2.64 bits per heavy atom. The van der Waals surface area contributed by atoms with E-state index in [0.29, 0.717) is 5.56 Å². The molecule has 0 fully saturated rings. The van der Waals surface area contributed by atoms with Gasteiger partial charge in [0, 0.05) is 36.8 Å². The number of nitrogens with zero attached hydrogens (tertiary/aromatic N) is 4. The Hall–Kier alpha value is -3.08. The summed E-state index contributed by atoms with van der Waals surface area (Å²) in [7, 11) is 1.85.